The lowest BCUT2D eigenvalue weighted by Crippen LogP contribution is -2.39. The van der Waals surface area contributed by atoms with Crippen LogP contribution >= 0.6 is 0 Å². The molecule has 0 unspecified atom stereocenters. The number of methoxy groups -OCH3 is 1. The summed E-state index contributed by atoms with van der Waals surface area (Å²) >= 11 is 0. The van der Waals surface area contributed by atoms with Gasteiger partial charge in [0.25, 0.3) is 5.91 Å². The first kappa shape index (κ1) is 23.9. The number of ether oxygens (including phenoxy) is 1. The van der Waals surface area contributed by atoms with Crippen LogP contribution in [0.25, 0.3) is 17.2 Å². The predicted octanol–water partition coefficient (Wildman–Crippen LogP) is 4.51. The zero-order valence-corrected chi connectivity index (χ0v) is 18.7. The molecular formula is C24H29FN2O4. The molecule has 0 fully saturated rings. The van der Waals surface area contributed by atoms with E-state index in [1.54, 1.807) is 12.1 Å². The average molecular weight is 429 g/mol. The summed E-state index contributed by atoms with van der Waals surface area (Å²) in [4.78, 5) is 23.3. The molecule has 0 saturated heterocycles. The summed E-state index contributed by atoms with van der Waals surface area (Å²) in [5, 5.41) is 14.5. The van der Waals surface area contributed by atoms with Gasteiger partial charge in [-0.15, -0.1) is 0 Å². The van der Waals surface area contributed by atoms with Crippen LogP contribution in [0, 0.1) is 19.7 Å². The van der Waals surface area contributed by atoms with Gasteiger partial charge < -0.3 is 20.5 Å². The summed E-state index contributed by atoms with van der Waals surface area (Å²) in [7, 11) is 1.34. The van der Waals surface area contributed by atoms with E-state index in [-0.39, 0.29) is 17.6 Å². The second-order valence-electron chi connectivity index (χ2n) is 7.76. The van der Waals surface area contributed by atoms with Gasteiger partial charge in [0.1, 0.15) is 11.9 Å². The van der Waals surface area contributed by atoms with E-state index in [0.29, 0.717) is 5.56 Å². The number of carboxylic acids is 1. The third-order valence-corrected chi connectivity index (χ3v) is 4.78. The van der Waals surface area contributed by atoms with E-state index in [1.165, 1.54) is 20.1 Å². The Morgan fingerprint density at radius 1 is 1.06 bits per heavy atom. The van der Waals surface area contributed by atoms with E-state index in [1.807, 2.05) is 45.9 Å². The van der Waals surface area contributed by atoms with Crippen molar-refractivity contribution < 1.29 is 23.8 Å². The molecule has 1 amide bonds. The summed E-state index contributed by atoms with van der Waals surface area (Å²) in [5.74, 6) is -2.11. The summed E-state index contributed by atoms with van der Waals surface area (Å²) in [6.07, 6.45) is 1.54. The quantitative estimate of drug-likeness (QED) is 0.425. The first-order valence-electron chi connectivity index (χ1n) is 10.0. The van der Waals surface area contributed by atoms with E-state index >= 15 is 0 Å². The maximum absolute atomic E-state index is 14.8. The molecule has 0 aromatic heterocycles. The minimum absolute atomic E-state index is 0.0151. The number of amides is 1. The molecule has 0 aliphatic carbocycles. The Morgan fingerprint density at radius 3 is 2.29 bits per heavy atom. The number of anilines is 1. The molecule has 6 nitrogen and oxygen atoms in total. The fourth-order valence-corrected chi connectivity index (χ4v) is 3.13. The molecule has 0 radical (unpaired) electrons. The van der Waals surface area contributed by atoms with Gasteiger partial charge in [-0.25, -0.2) is 4.39 Å². The highest BCUT2D eigenvalue weighted by molar-refractivity contribution is 5.98. The van der Waals surface area contributed by atoms with E-state index in [4.69, 9.17) is 9.84 Å². The normalized spacial score (nSPS) is 12.5. The molecule has 0 aliphatic heterocycles. The number of aryl methyl sites for hydroxylation is 2. The van der Waals surface area contributed by atoms with E-state index < -0.39 is 17.9 Å². The zero-order chi connectivity index (χ0) is 23.3. The summed E-state index contributed by atoms with van der Waals surface area (Å²) in [5.41, 5.74) is 4.33. The predicted molar refractivity (Wildman–Crippen MR) is 120 cm³/mol. The van der Waals surface area contributed by atoms with Gasteiger partial charge in [0.15, 0.2) is 5.76 Å². The van der Waals surface area contributed by atoms with Crippen molar-refractivity contribution in [1.82, 2.24) is 5.32 Å². The lowest BCUT2D eigenvalue weighted by molar-refractivity contribution is -0.141. The van der Waals surface area contributed by atoms with Crippen molar-refractivity contribution in [2.24, 2.45) is 0 Å². The Bertz CT molecular complexity index is 1010. The van der Waals surface area contributed by atoms with Crippen molar-refractivity contribution in [1.29, 1.82) is 0 Å². The summed E-state index contributed by atoms with van der Waals surface area (Å²) in [6.45, 7) is 9.07. The molecule has 0 bridgehead atoms. The molecule has 1 atom stereocenters. The average Bonchev–Trinajstić information content (AvgIpc) is 2.68. The zero-order valence-electron chi connectivity index (χ0n) is 18.7. The van der Waals surface area contributed by atoms with Crippen molar-refractivity contribution in [3.63, 3.8) is 0 Å². The topological polar surface area (TPSA) is 87.7 Å². The maximum atomic E-state index is 14.8. The number of aliphatic carboxylic acids is 1. The minimum Gasteiger partial charge on any atom is -0.491 e. The standard InChI is InChI=1S/C24H29FN2O4/c1-13(2)26-18-7-8-19(21(25)12-18)20-10-14(3)17(9-15(20)4)11-22(31-6)23(28)27-16(5)24(29)30/h7-13,16,26H,1-6H3,(H,27,28)(H,29,30)/b22-11-/t16-/m1/s1. The Morgan fingerprint density at radius 2 is 1.74 bits per heavy atom. The highest BCUT2D eigenvalue weighted by Crippen LogP contribution is 2.31. The molecule has 166 valence electrons. The van der Waals surface area contributed by atoms with E-state index in [9.17, 15) is 14.0 Å². The number of carbonyl (C=O) groups is 2. The fourth-order valence-electron chi connectivity index (χ4n) is 3.13. The number of carboxylic acid groups (broad SMARTS) is 1. The second kappa shape index (κ2) is 10.1. The van der Waals surface area contributed by atoms with Crippen LogP contribution in [0.1, 0.15) is 37.5 Å². The first-order valence-corrected chi connectivity index (χ1v) is 10.0. The molecular weight excluding hydrogens is 399 g/mol. The van der Waals surface area contributed by atoms with Crippen molar-refractivity contribution in [3.8, 4) is 11.1 Å². The molecule has 0 heterocycles. The van der Waals surface area contributed by atoms with Crippen LogP contribution in [0.15, 0.2) is 36.1 Å². The van der Waals surface area contributed by atoms with Crippen molar-refractivity contribution in [2.75, 3.05) is 12.4 Å². The molecule has 31 heavy (non-hydrogen) atoms. The van der Waals surface area contributed by atoms with Crippen LogP contribution in [0.4, 0.5) is 10.1 Å². The number of benzene rings is 2. The molecule has 0 saturated carbocycles. The Balaban J connectivity index is 2.38. The fraction of sp³-hybridized carbons (Fsp3) is 0.333. The highest BCUT2D eigenvalue weighted by Gasteiger charge is 2.18. The number of rotatable bonds is 8. The van der Waals surface area contributed by atoms with Crippen molar-refractivity contribution in [2.45, 2.75) is 46.7 Å². The summed E-state index contributed by atoms with van der Waals surface area (Å²) in [6, 6.07) is 7.93. The van der Waals surface area contributed by atoms with Gasteiger partial charge in [0, 0.05) is 17.3 Å². The van der Waals surface area contributed by atoms with Crippen LogP contribution in [-0.2, 0) is 14.3 Å². The first-order chi connectivity index (χ1) is 14.5. The maximum Gasteiger partial charge on any atom is 0.325 e. The number of hydrogen-bond donors (Lipinski definition) is 3. The van der Waals surface area contributed by atoms with Gasteiger partial charge in [0.05, 0.1) is 7.11 Å². The van der Waals surface area contributed by atoms with Gasteiger partial charge in [-0.1, -0.05) is 12.1 Å². The van der Waals surface area contributed by atoms with Gasteiger partial charge >= 0.3 is 5.97 Å². The molecule has 2 aromatic rings. The largest absolute Gasteiger partial charge is 0.491 e. The van der Waals surface area contributed by atoms with Gasteiger partial charge in [-0.2, -0.15) is 0 Å². The third kappa shape index (κ3) is 6.07. The summed E-state index contributed by atoms with van der Waals surface area (Å²) < 4.78 is 19.9. The Kier molecular flexibility index (Phi) is 7.80. The number of carbonyl (C=O) groups excluding carboxylic acids is 1. The number of halogens is 1. The Hall–Kier alpha value is -3.35. The van der Waals surface area contributed by atoms with Crippen molar-refractivity contribution >= 4 is 23.6 Å². The van der Waals surface area contributed by atoms with Crippen LogP contribution in [0.5, 0.6) is 0 Å². The smallest absolute Gasteiger partial charge is 0.325 e. The van der Waals surface area contributed by atoms with Gasteiger partial charge in [0.2, 0.25) is 0 Å². The van der Waals surface area contributed by atoms with Gasteiger partial charge in [-0.05, 0) is 81.1 Å². The SMILES string of the molecule is CO/C(=C\c1cc(C)c(-c2ccc(NC(C)C)cc2F)cc1C)C(=O)N[C@H](C)C(=O)O. The number of hydrogen-bond acceptors (Lipinski definition) is 4. The minimum atomic E-state index is -1.14. The van der Waals surface area contributed by atoms with Crippen LogP contribution in [0.2, 0.25) is 0 Å². The number of nitrogens with one attached hydrogen (secondary N) is 2. The lowest BCUT2D eigenvalue weighted by atomic mass is 9.94. The van der Waals surface area contributed by atoms with E-state index in [0.717, 1.165) is 27.9 Å². The molecule has 0 spiro atoms. The van der Waals surface area contributed by atoms with Gasteiger partial charge in [-0.3, -0.25) is 9.59 Å². The van der Waals surface area contributed by atoms with Crippen LogP contribution in [0.3, 0.4) is 0 Å². The third-order valence-electron chi connectivity index (χ3n) is 4.78. The Labute approximate surface area is 182 Å². The second-order valence-corrected chi connectivity index (χ2v) is 7.76. The molecule has 2 aromatic carbocycles. The highest BCUT2D eigenvalue weighted by atomic mass is 19.1. The van der Waals surface area contributed by atoms with Crippen LogP contribution < -0.4 is 10.6 Å². The molecule has 0 aliphatic rings. The molecule has 3 N–H and O–H groups in total. The molecule has 7 heteroatoms. The van der Waals surface area contributed by atoms with E-state index in [2.05, 4.69) is 10.6 Å². The van der Waals surface area contributed by atoms with Crippen LogP contribution in [-0.4, -0.2) is 36.2 Å². The van der Waals surface area contributed by atoms with Crippen molar-refractivity contribution in [3.05, 3.63) is 58.6 Å². The lowest BCUT2D eigenvalue weighted by Gasteiger charge is -2.15. The monoisotopic (exact) mass is 428 g/mol. The molecule has 2 rings (SSSR count).